The summed E-state index contributed by atoms with van der Waals surface area (Å²) < 4.78 is 5.68. The molecule has 0 aliphatic rings. The quantitative estimate of drug-likeness (QED) is 0.596. The van der Waals surface area contributed by atoms with Crippen LogP contribution in [0.1, 0.15) is 0 Å². The van der Waals surface area contributed by atoms with Gasteiger partial charge in [0.25, 0.3) is 0 Å². The molecule has 0 atom stereocenters. The molecule has 2 rings (SSSR count). The van der Waals surface area contributed by atoms with Gasteiger partial charge in [-0.25, -0.2) is 4.79 Å². The fourth-order valence-electron chi connectivity index (χ4n) is 0.880. The maximum atomic E-state index is 10.8. The van der Waals surface area contributed by atoms with E-state index in [2.05, 4.69) is 6.07 Å². The monoisotopic (exact) mass is 168 g/mol. The summed E-state index contributed by atoms with van der Waals surface area (Å²) in [6.07, 6.45) is 0. The average Bonchev–Trinajstić information content (AvgIpc) is 2.30. The van der Waals surface area contributed by atoms with E-state index in [1.54, 1.807) is 18.2 Å². The molecule has 2 aromatic rings. The van der Waals surface area contributed by atoms with Crippen LogP contribution in [-0.4, -0.2) is 4.09 Å². The molecule has 1 heterocycles. The Morgan fingerprint density at radius 3 is 3.18 bits per heavy atom. The molecule has 1 radical (unpaired) electrons. The summed E-state index contributed by atoms with van der Waals surface area (Å²) in [6, 6.07) is 7.67. The molecule has 0 unspecified atom stereocenters. The lowest BCUT2D eigenvalue weighted by molar-refractivity contribution is 0.548. The lowest BCUT2D eigenvalue weighted by atomic mass is 10.3. The van der Waals surface area contributed by atoms with E-state index in [1.165, 1.54) is 0 Å². The molecule has 1 aromatic heterocycles. The minimum Gasteiger partial charge on any atom is -0.407 e. The molecule has 4 heteroatoms. The topological polar surface area (TPSA) is 35.1 Å². The lowest BCUT2D eigenvalue weighted by Gasteiger charge is -1.83. The first kappa shape index (κ1) is 6.49. The SMILES string of the molecule is O=c1oc2cc[c]cc2n1Cl. The van der Waals surface area contributed by atoms with Crippen molar-refractivity contribution in [3.8, 4) is 0 Å². The van der Waals surface area contributed by atoms with Crippen LogP contribution in [0, 0.1) is 6.07 Å². The number of aromatic nitrogens is 1. The molecule has 0 saturated carbocycles. The smallest absolute Gasteiger partial charge is 0.407 e. The zero-order chi connectivity index (χ0) is 7.84. The number of halogens is 1. The van der Waals surface area contributed by atoms with Crippen molar-refractivity contribution in [3.05, 3.63) is 34.8 Å². The number of benzene rings is 1. The van der Waals surface area contributed by atoms with E-state index in [0.717, 1.165) is 4.09 Å². The normalized spacial score (nSPS) is 10.6. The van der Waals surface area contributed by atoms with E-state index in [1.807, 2.05) is 0 Å². The van der Waals surface area contributed by atoms with Crippen LogP contribution in [0.25, 0.3) is 11.1 Å². The van der Waals surface area contributed by atoms with Crippen LogP contribution in [0.3, 0.4) is 0 Å². The Morgan fingerprint density at radius 1 is 1.64 bits per heavy atom. The van der Waals surface area contributed by atoms with Crippen molar-refractivity contribution in [1.29, 1.82) is 0 Å². The van der Waals surface area contributed by atoms with Crippen LogP contribution in [0.4, 0.5) is 0 Å². The van der Waals surface area contributed by atoms with Crippen molar-refractivity contribution in [1.82, 2.24) is 4.09 Å². The van der Waals surface area contributed by atoms with Crippen molar-refractivity contribution in [2.45, 2.75) is 0 Å². The second-order valence-electron chi connectivity index (χ2n) is 2.04. The molecule has 0 aliphatic carbocycles. The molecule has 0 bridgehead atoms. The van der Waals surface area contributed by atoms with Gasteiger partial charge in [-0.1, -0.05) is 6.07 Å². The first-order chi connectivity index (χ1) is 5.29. The van der Waals surface area contributed by atoms with Crippen molar-refractivity contribution in [2.75, 3.05) is 0 Å². The Bertz CT molecular complexity index is 443. The van der Waals surface area contributed by atoms with E-state index < -0.39 is 5.76 Å². The fraction of sp³-hybridized carbons (Fsp3) is 0. The van der Waals surface area contributed by atoms with E-state index in [-0.39, 0.29) is 0 Å². The third-order valence-corrected chi connectivity index (χ3v) is 1.69. The molecule has 0 saturated heterocycles. The second-order valence-corrected chi connectivity index (χ2v) is 2.38. The number of hydrogen-bond acceptors (Lipinski definition) is 2. The van der Waals surface area contributed by atoms with E-state index in [9.17, 15) is 4.79 Å². The maximum absolute atomic E-state index is 10.8. The Balaban J connectivity index is 3.04. The summed E-state index contributed by atoms with van der Waals surface area (Å²) in [5, 5.41) is 0. The van der Waals surface area contributed by atoms with Crippen molar-refractivity contribution in [3.63, 3.8) is 0 Å². The molecule has 1 aromatic carbocycles. The summed E-state index contributed by atoms with van der Waals surface area (Å²) in [5.74, 6) is -0.568. The third kappa shape index (κ3) is 0.851. The van der Waals surface area contributed by atoms with Gasteiger partial charge in [-0.15, -0.1) is 0 Å². The average molecular weight is 169 g/mol. The molecule has 0 spiro atoms. The van der Waals surface area contributed by atoms with Crippen LogP contribution >= 0.6 is 11.8 Å². The molecular weight excluding hydrogens is 166 g/mol. The van der Waals surface area contributed by atoms with Gasteiger partial charge in [-0.2, -0.15) is 4.09 Å². The Kier molecular flexibility index (Phi) is 1.26. The Labute approximate surface area is 66.9 Å². The summed E-state index contributed by atoms with van der Waals surface area (Å²) in [5.41, 5.74) is 1.02. The minimum atomic E-state index is -0.568. The molecule has 11 heavy (non-hydrogen) atoms. The highest BCUT2D eigenvalue weighted by molar-refractivity contribution is 6.18. The predicted octanol–water partition coefficient (Wildman–Crippen LogP) is 1.40. The number of rotatable bonds is 0. The van der Waals surface area contributed by atoms with Gasteiger partial charge < -0.3 is 4.42 Å². The largest absolute Gasteiger partial charge is 0.434 e. The van der Waals surface area contributed by atoms with Crippen LogP contribution < -0.4 is 5.76 Å². The number of fused-ring (bicyclic) bond motifs is 1. The molecule has 0 fully saturated rings. The van der Waals surface area contributed by atoms with E-state index >= 15 is 0 Å². The lowest BCUT2D eigenvalue weighted by Crippen LogP contribution is -2.02. The molecule has 3 nitrogen and oxygen atoms in total. The summed E-state index contributed by atoms with van der Waals surface area (Å²) in [6.45, 7) is 0. The molecule has 55 valence electrons. The third-order valence-electron chi connectivity index (χ3n) is 1.37. The van der Waals surface area contributed by atoms with Gasteiger partial charge in [-0.3, -0.25) is 0 Å². The van der Waals surface area contributed by atoms with Gasteiger partial charge in [0.15, 0.2) is 5.58 Å². The Morgan fingerprint density at radius 2 is 2.45 bits per heavy atom. The highest BCUT2D eigenvalue weighted by atomic mass is 35.5. The van der Waals surface area contributed by atoms with Crippen molar-refractivity contribution in [2.24, 2.45) is 0 Å². The number of nitrogens with zero attached hydrogens (tertiary/aromatic N) is 1. The zero-order valence-electron chi connectivity index (χ0n) is 5.37. The van der Waals surface area contributed by atoms with E-state index in [0.29, 0.717) is 11.1 Å². The fourth-order valence-corrected chi connectivity index (χ4v) is 1.05. The van der Waals surface area contributed by atoms with E-state index in [4.69, 9.17) is 16.2 Å². The molecule has 0 aliphatic heterocycles. The van der Waals surface area contributed by atoms with Gasteiger partial charge in [-0.05, 0) is 18.2 Å². The van der Waals surface area contributed by atoms with Gasteiger partial charge in [0.1, 0.15) is 5.52 Å². The molecule has 0 amide bonds. The first-order valence-corrected chi connectivity index (χ1v) is 3.30. The number of hydrogen-bond donors (Lipinski definition) is 0. The van der Waals surface area contributed by atoms with Gasteiger partial charge in [0, 0.05) is 11.8 Å². The summed E-state index contributed by atoms with van der Waals surface area (Å²) >= 11 is 5.53. The standard InChI is InChI=1S/C7H3ClNO2/c8-9-5-3-1-2-4-6(5)11-7(9)10/h2-4H. The first-order valence-electron chi connectivity index (χ1n) is 2.97. The van der Waals surface area contributed by atoms with Gasteiger partial charge >= 0.3 is 5.76 Å². The van der Waals surface area contributed by atoms with Crippen molar-refractivity contribution >= 4 is 22.9 Å². The molecular formula is C7H3ClNO2. The van der Waals surface area contributed by atoms with Crippen LogP contribution in [0.2, 0.25) is 0 Å². The number of oxazole rings is 1. The highest BCUT2D eigenvalue weighted by Gasteiger charge is 2.04. The van der Waals surface area contributed by atoms with Gasteiger partial charge in [0.2, 0.25) is 0 Å². The Hall–Kier alpha value is -1.22. The van der Waals surface area contributed by atoms with Crippen molar-refractivity contribution < 1.29 is 4.42 Å². The van der Waals surface area contributed by atoms with Gasteiger partial charge in [0.05, 0.1) is 0 Å². The highest BCUT2D eigenvalue weighted by Crippen LogP contribution is 2.11. The summed E-state index contributed by atoms with van der Waals surface area (Å²) in [7, 11) is 0. The minimum absolute atomic E-state index is 0.476. The predicted molar refractivity (Wildman–Crippen MR) is 40.6 cm³/mol. The maximum Gasteiger partial charge on any atom is 0.434 e. The summed E-state index contributed by atoms with van der Waals surface area (Å²) in [4.78, 5) is 10.8. The van der Waals surface area contributed by atoms with Crippen LogP contribution in [0.15, 0.2) is 27.4 Å². The zero-order valence-corrected chi connectivity index (χ0v) is 6.13. The molecule has 0 N–H and O–H groups in total. The van der Waals surface area contributed by atoms with Crippen LogP contribution in [0.5, 0.6) is 0 Å². The second kappa shape index (κ2) is 2.13. The van der Waals surface area contributed by atoms with Crippen LogP contribution in [-0.2, 0) is 0 Å².